The molecule has 0 aliphatic rings. The van der Waals surface area contributed by atoms with Gasteiger partial charge in [-0.25, -0.2) is 9.37 Å². The van der Waals surface area contributed by atoms with Crippen LogP contribution in [0.5, 0.6) is 5.75 Å². The van der Waals surface area contributed by atoms with E-state index in [-0.39, 0.29) is 5.83 Å². The average Bonchev–Trinajstić information content (AvgIpc) is 2.76. The largest absolute Gasteiger partial charge is 0.496 e. The predicted molar refractivity (Wildman–Crippen MR) is 129 cm³/mol. The lowest BCUT2D eigenvalue weighted by atomic mass is 9.95. The summed E-state index contributed by atoms with van der Waals surface area (Å²) in [5.41, 5.74) is 11.7. The number of nitrogens with two attached hydrogens (primary N) is 1. The van der Waals surface area contributed by atoms with E-state index < -0.39 is 0 Å². The molecule has 0 spiro atoms. The molecule has 0 saturated heterocycles. The van der Waals surface area contributed by atoms with Gasteiger partial charge in [0, 0.05) is 22.9 Å². The van der Waals surface area contributed by atoms with Crippen molar-refractivity contribution in [3.63, 3.8) is 0 Å². The van der Waals surface area contributed by atoms with Crippen LogP contribution in [0.4, 0.5) is 21.6 Å². The summed E-state index contributed by atoms with van der Waals surface area (Å²) in [6, 6.07) is 11.0. The fourth-order valence-electron chi connectivity index (χ4n) is 3.61. The molecule has 2 aromatic carbocycles. The minimum absolute atomic E-state index is 0.372. The number of anilines is 3. The number of aromatic nitrogens is 1. The zero-order valence-electron chi connectivity index (χ0n) is 18.4. The first kappa shape index (κ1) is 22.6. The number of ether oxygens (including phenoxy) is 1. The number of hydrogen-bond donors (Lipinski definition) is 2. The summed E-state index contributed by atoms with van der Waals surface area (Å²) in [6.07, 6.45) is 2.22. The molecule has 31 heavy (non-hydrogen) atoms. The third kappa shape index (κ3) is 4.52. The summed E-state index contributed by atoms with van der Waals surface area (Å²) in [7, 11) is 1.60. The molecule has 1 aromatic heterocycles. The zero-order valence-corrected chi connectivity index (χ0v) is 19.2. The first-order chi connectivity index (χ1) is 14.8. The van der Waals surface area contributed by atoms with Gasteiger partial charge in [0.15, 0.2) is 0 Å². The topological polar surface area (TPSA) is 60.2 Å². The molecule has 0 amide bonds. The fraction of sp³-hybridized carbons (Fsp3) is 0.240. The predicted octanol–water partition coefficient (Wildman–Crippen LogP) is 7.11. The maximum absolute atomic E-state index is 15.4. The number of hydrogen-bond acceptors (Lipinski definition) is 4. The van der Waals surface area contributed by atoms with Crippen LogP contribution in [0.2, 0.25) is 5.02 Å². The van der Waals surface area contributed by atoms with E-state index in [1.165, 1.54) is 6.20 Å². The number of nitrogens with zero attached hydrogens (tertiary/aromatic N) is 1. The molecule has 162 valence electrons. The minimum atomic E-state index is -0.380. The van der Waals surface area contributed by atoms with Crippen molar-refractivity contribution in [3.05, 3.63) is 75.4 Å². The lowest BCUT2D eigenvalue weighted by Gasteiger charge is -2.17. The number of halogens is 2. The van der Waals surface area contributed by atoms with Crippen molar-refractivity contribution in [2.45, 2.75) is 34.1 Å². The van der Waals surface area contributed by atoms with Crippen LogP contribution >= 0.6 is 11.6 Å². The second-order valence-corrected chi connectivity index (χ2v) is 7.82. The number of para-hydroxylation sites is 1. The normalized spacial score (nSPS) is 11.8. The van der Waals surface area contributed by atoms with Crippen molar-refractivity contribution < 1.29 is 9.13 Å². The molecule has 3 rings (SSSR count). The molecule has 0 bridgehead atoms. The maximum atomic E-state index is 15.4. The monoisotopic (exact) mass is 439 g/mol. The summed E-state index contributed by atoms with van der Waals surface area (Å²) in [5.74, 6) is 0.894. The molecular weight excluding hydrogens is 413 g/mol. The van der Waals surface area contributed by atoms with Gasteiger partial charge in [0.1, 0.15) is 17.4 Å². The molecule has 0 unspecified atom stereocenters. The van der Waals surface area contributed by atoms with Crippen molar-refractivity contribution in [2.75, 3.05) is 18.2 Å². The van der Waals surface area contributed by atoms with Gasteiger partial charge in [-0.2, -0.15) is 0 Å². The average molecular weight is 440 g/mol. The number of aryl methyl sites for hydroxylation is 2. The standard InChI is InChI=1S/C25H27ClFN3O/c1-6-17-12-20(31-5)15(3)22(23(17)26)16(4)24(27)18-10-11-21(29-13-18)30-25-14(2)8-7-9-19(25)28/h7-13H,6,28H2,1-5H3,(H,29,30)/b24-16-. The minimum Gasteiger partial charge on any atom is -0.496 e. The molecule has 1 heterocycles. The summed E-state index contributed by atoms with van der Waals surface area (Å²) in [4.78, 5) is 4.37. The van der Waals surface area contributed by atoms with Gasteiger partial charge in [-0.15, -0.1) is 0 Å². The van der Waals surface area contributed by atoms with E-state index in [2.05, 4.69) is 10.3 Å². The van der Waals surface area contributed by atoms with E-state index in [0.717, 1.165) is 28.8 Å². The van der Waals surface area contributed by atoms with Crippen LogP contribution in [0, 0.1) is 13.8 Å². The molecule has 3 aromatic rings. The van der Waals surface area contributed by atoms with Crippen LogP contribution in [0.25, 0.3) is 11.4 Å². The Balaban J connectivity index is 1.98. The van der Waals surface area contributed by atoms with Crippen molar-refractivity contribution >= 4 is 40.2 Å². The van der Waals surface area contributed by atoms with E-state index in [9.17, 15) is 0 Å². The maximum Gasteiger partial charge on any atom is 0.135 e. The number of nitrogen functional groups attached to an aromatic ring is 1. The van der Waals surface area contributed by atoms with Crippen molar-refractivity contribution in [1.29, 1.82) is 0 Å². The van der Waals surface area contributed by atoms with Gasteiger partial charge in [-0.3, -0.25) is 0 Å². The first-order valence-electron chi connectivity index (χ1n) is 10.1. The van der Waals surface area contributed by atoms with Crippen molar-refractivity contribution in [2.24, 2.45) is 0 Å². The highest BCUT2D eigenvalue weighted by molar-refractivity contribution is 6.33. The molecule has 0 saturated carbocycles. The van der Waals surface area contributed by atoms with Gasteiger partial charge in [0.05, 0.1) is 23.5 Å². The van der Waals surface area contributed by atoms with Gasteiger partial charge in [0.25, 0.3) is 0 Å². The number of pyridine rings is 1. The molecule has 6 heteroatoms. The quantitative estimate of drug-likeness (QED) is 0.402. The number of benzene rings is 2. The smallest absolute Gasteiger partial charge is 0.135 e. The molecule has 4 nitrogen and oxygen atoms in total. The Morgan fingerprint density at radius 2 is 1.97 bits per heavy atom. The van der Waals surface area contributed by atoms with Crippen LogP contribution in [0.3, 0.4) is 0 Å². The molecule has 0 fully saturated rings. The van der Waals surface area contributed by atoms with Crippen LogP contribution < -0.4 is 15.8 Å². The Bertz CT molecular complexity index is 1090. The molecular formula is C25H27ClFN3O. The Morgan fingerprint density at radius 1 is 1.23 bits per heavy atom. The Kier molecular flexibility index (Phi) is 6.86. The summed E-state index contributed by atoms with van der Waals surface area (Å²) >= 11 is 6.62. The lowest BCUT2D eigenvalue weighted by Crippen LogP contribution is -2.01. The van der Waals surface area contributed by atoms with Gasteiger partial charge in [-0.05, 0) is 68.2 Å². The first-order valence-corrected chi connectivity index (χ1v) is 10.5. The third-order valence-corrected chi connectivity index (χ3v) is 5.86. The van der Waals surface area contributed by atoms with E-state index >= 15 is 4.39 Å². The summed E-state index contributed by atoms with van der Waals surface area (Å²) in [5, 5.41) is 3.75. The van der Waals surface area contributed by atoms with Gasteiger partial charge < -0.3 is 15.8 Å². The Labute approximate surface area is 187 Å². The van der Waals surface area contributed by atoms with E-state index in [1.54, 1.807) is 26.2 Å². The Morgan fingerprint density at radius 3 is 2.55 bits per heavy atom. The lowest BCUT2D eigenvalue weighted by molar-refractivity contribution is 0.411. The number of nitrogens with one attached hydrogen (secondary N) is 1. The second kappa shape index (κ2) is 9.40. The SMILES string of the molecule is CCc1cc(OC)c(C)c(/C(C)=C(\F)c2ccc(Nc3c(C)cccc3N)nc2)c1Cl. The number of methoxy groups -OCH3 is 1. The van der Waals surface area contributed by atoms with Crippen molar-refractivity contribution in [3.8, 4) is 5.75 Å². The van der Waals surface area contributed by atoms with Gasteiger partial charge >= 0.3 is 0 Å². The molecule has 0 atom stereocenters. The fourth-order valence-corrected chi connectivity index (χ4v) is 4.08. The van der Waals surface area contributed by atoms with Gasteiger partial charge in [0.2, 0.25) is 0 Å². The second-order valence-electron chi connectivity index (χ2n) is 7.44. The summed E-state index contributed by atoms with van der Waals surface area (Å²) < 4.78 is 20.9. The van der Waals surface area contributed by atoms with Crippen LogP contribution in [-0.4, -0.2) is 12.1 Å². The van der Waals surface area contributed by atoms with E-state index in [0.29, 0.717) is 39.0 Å². The number of allylic oxidation sites excluding steroid dienone is 1. The molecule has 0 aliphatic carbocycles. The highest BCUT2D eigenvalue weighted by atomic mass is 35.5. The summed E-state index contributed by atoms with van der Waals surface area (Å²) in [6.45, 7) is 7.58. The Hall–Kier alpha value is -3.05. The van der Waals surface area contributed by atoms with Crippen LogP contribution in [0.1, 0.15) is 41.7 Å². The number of rotatable bonds is 6. The molecule has 3 N–H and O–H groups in total. The highest BCUT2D eigenvalue weighted by Gasteiger charge is 2.19. The van der Waals surface area contributed by atoms with Crippen LogP contribution in [-0.2, 0) is 6.42 Å². The van der Waals surface area contributed by atoms with E-state index in [1.807, 2.05) is 45.0 Å². The zero-order chi connectivity index (χ0) is 22.7. The van der Waals surface area contributed by atoms with Crippen molar-refractivity contribution in [1.82, 2.24) is 4.98 Å². The van der Waals surface area contributed by atoms with E-state index in [4.69, 9.17) is 22.1 Å². The molecule has 0 radical (unpaired) electrons. The highest BCUT2D eigenvalue weighted by Crippen LogP contribution is 2.39. The third-order valence-electron chi connectivity index (χ3n) is 5.43. The van der Waals surface area contributed by atoms with Crippen LogP contribution in [0.15, 0.2) is 42.6 Å². The van der Waals surface area contributed by atoms with Gasteiger partial charge in [-0.1, -0.05) is 30.7 Å². The molecule has 0 aliphatic heterocycles.